The van der Waals surface area contributed by atoms with Crippen LogP contribution >= 0.6 is 0 Å². The highest BCUT2D eigenvalue weighted by atomic mass is 16.3. The molecule has 0 saturated carbocycles. The second-order valence-electron chi connectivity index (χ2n) is 4.15. The summed E-state index contributed by atoms with van der Waals surface area (Å²) in [5.41, 5.74) is 0.758. The molecule has 2 heteroatoms. The van der Waals surface area contributed by atoms with Crippen molar-refractivity contribution in [3.8, 4) is 5.75 Å². The maximum atomic E-state index is 11.0. The predicted octanol–water partition coefficient (Wildman–Crippen LogP) is 3.65. The van der Waals surface area contributed by atoms with Gasteiger partial charge in [-0.3, -0.25) is 0 Å². The van der Waals surface area contributed by atoms with Gasteiger partial charge in [-0.15, -0.1) is 0 Å². The first-order valence-electron chi connectivity index (χ1n) is 6.02. The molecule has 0 bridgehead atoms. The minimum absolute atomic E-state index is 0.155. The Kier molecular flexibility index (Phi) is 5.62. The number of benzene rings is 1. The van der Waals surface area contributed by atoms with Gasteiger partial charge in [0.2, 0.25) is 0 Å². The number of aldehydes is 1. The quantitative estimate of drug-likeness (QED) is 0.562. The Morgan fingerprint density at radius 3 is 2.62 bits per heavy atom. The summed E-state index contributed by atoms with van der Waals surface area (Å²) in [6.45, 7) is 2.17. The van der Waals surface area contributed by atoms with Crippen LogP contribution in [-0.2, 0) is 4.79 Å². The first kappa shape index (κ1) is 12.8. The molecule has 1 atom stereocenters. The molecular formula is C14H20O2. The highest BCUT2D eigenvalue weighted by Gasteiger charge is 2.13. The smallest absolute Gasteiger partial charge is 0.127 e. The van der Waals surface area contributed by atoms with E-state index < -0.39 is 0 Å². The van der Waals surface area contributed by atoms with Gasteiger partial charge >= 0.3 is 0 Å². The van der Waals surface area contributed by atoms with Crippen LogP contribution in [0.3, 0.4) is 0 Å². The molecular weight excluding hydrogens is 200 g/mol. The SMILES string of the molecule is CCCCCCC(C=O)c1ccccc1O. The number of phenolic OH excluding ortho intramolecular Hbond substituents is 1. The molecule has 1 N–H and O–H groups in total. The lowest BCUT2D eigenvalue weighted by molar-refractivity contribution is -0.109. The fourth-order valence-electron chi connectivity index (χ4n) is 1.89. The number of rotatable bonds is 7. The van der Waals surface area contributed by atoms with E-state index in [0.717, 1.165) is 31.1 Å². The van der Waals surface area contributed by atoms with Gasteiger partial charge in [-0.2, -0.15) is 0 Å². The van der Waals surface area contributed by atoms with E-state index in [2.05, 4.69) is 6.92 Å². The summed E-state index contributed by atoms with van der Waals surface area (Å²) in [7, 11) is 0. The van der Waals surface area contributed by atoms with E-state index in [4.69, 9.17) is 0 Å². The molecule has 88 valence electrons. The van der Waals surface area contributed by atoms with Crippen molar-refractivity contribution >= 4 is 6.29 Å². The van der Waals surface area contributed by atoms with Crippen molar-refractivity contribution in [3.05, 3.63) is 29.8 Å². The minimum Gasteiger partial charge on any atom is -0.508 e. The zero-order valence-electron chi connectivity index (χ0n) is 9.86. The summed E-state index contributed by atoms with van der Waals surface area (Å²) in [5.74, 6) is 0.0770. The maximum Gasteiger partial charge on any atom is 0.127 e. The van der Waals surface area contributed by atoms with Crippen molar-refractivity contribution in [1.29, 1.82) is 0 Å². The van der Waals surface area contributed by atoms with Crippen LogP contribution in [0.1, 0.15) is 50.5 Å². The highest BCUT2D eigenvalue weighted by molar-refractivity contribution is 5.64. The topological polar surface area (TPSA) is 37.3 Å². The van der Waals surface area contributed by atoms with Gasteiger partial charge in [0.15, 0.2) is 0 Å². The van der Waals surface area contributed by atoms with E-state index in [0.29, 0.717) is 0 Å². The van der Waals surface area contributed by atoms with Crippen molar-refractivity contribution in [2.45, 2.75) is 44.9 Å². The largest absolute Gasteiger partial charge is 0.508 e. The third-order valence-corrected chi connectivity index (χ3v) is 2.87. The van der Waals surface area contributed by atoms with E-state index in [-0.39, 0.29) is 11.7 Å². The van der Waals surface area contributed by atoms with Crippen LogP contribution in [0, 0.1) is 0 Å². The maximum absolute atomic E-state index is 11.0. The number of hydrogen-bond donors (Lipinski definition) is 1. The summed E-state index contributed by atoms with van der Waals surface area (Å²) in [6.07, 6.45) is 6.40. The van der Waals surface area contributed by atoms with Crippen LogP contribution in [0.25, 0.3) is 0 Å². The fourth-order valence-corrected chi connectivity index (χ4v) is 1.89. The number of carbonyl (C=O) groups is 1. The van der Waals surface area contributed by atoms with Crippen molar-refractivity contribution < 1.29 is 9.90 Å². The number of unbranched alkanes of at least 4 members (excludes halogenated alkanes) is 3. The van der Waals surface area contributed by atoms with Crippen LogP contribution in [0.2, 0.25) is 0 Å². The summed E-state index contributed by atoms with van der Waals surface area (Å²) < 4.78 is 0. The molecule has 0 fully saturated rings. The van der Waals surface area contributed by atoms with Crippen LogP contribution in [-0.4, -0.2) is 11.4 Å². The first-order chi connectivity index (χ1) is 7.79. The summed E-state index contributed by atoms with van der Waals surface area (Å²) in [4.78, 5) is 11.0. The van der Waals surface area contributed by atoms with Crippen molar-refractivity contribution in [2.75, 3.05) is 0 Å². The molecule has 1 rings (SSSR count). The standard InChI is InChI=1S/C14H20O2/c1-2-3-4-5-8-12(11-15)13-9-6-7-10-14(13)16/h6-7,9-12,16H,2-5,8H2,1H3. The Morgan fingerprint density at radius 2 is 2.00 bits per heavy atom. The Labute approximate surface area is 97.3 Å². The average molecular weight is 220 g/mol. The lowest BCUT2D eigenvalue weighted by Gasteiger charge is -2.11. The van der Waals surface area contributed by atoms with Crippen molar-refractivity contribution in [2.24, 2.45) is 0 Å². The molecule has 0 radical (unpaired) electrons. The molecule has 0 saturated heterocycles. The molecule has 1 aromatic carbocycles. The molecule has 0 aromatic heterocycles. The van der Waals surface area contributed by atoms with Gasteiger partial charge in [0.05, 0.1) is 0 Å². The molecule has 16 heavy (non-hydrogen) atoms. The predicted molar refractivity (Wildman–Crippen MR) is 65.7 cm³/mol. The average Bonchev–Trinajstić information content (AvgIpc) is 2.31. The van der Waals surface area contributed by atoms with E-state index in [1.54, 1.807) is 12.1 Å². The van der Waals surface area contributed by atoms with Crippen LogP contribution in [0.4, 0.5) is 0 Å². The Bertz CT molecular complexity index is 320. The molecule has 0 heterocycles. The Balaban J connectivity index is 2.54. The zero-order valence-corrected chi connectivity index (χ0v) is 9.86. The Morgan fingerprint density at radius 1 is 1.25 bits per heavy atom. The van der Waals surface area contributed by atoms with Gasteiger partial charge in [0, 0.05) is 11.5 Å². The number of hydrogen-bond acceptors (Lipinski definition) is 2. The van der Waals surface area contributed by atoms with Crippen LogP contribution in [0.15, 0.2) is 24.3 Å². The van der Waals surface area contributed by atoms with Crippen molar-refractivity contribution in [1.82, 2.24) is 0 Å². The molecule has 1 aromatic rings. The lowest BCUT2D eigenvalue weighted by atomic mass is 9.93. The molecule has 0 aliphatic rings. The number of phenols is 1. The van der Waals surface area contributed by atoms with Gasteiger partial charge in [-0.25, -0.2) is 0 Å². The molecule has 0 aliphatic heterocycles. The summed E-state index contributed by atoms with van der Waals surface area (Å²) in [5, 5.41) is 9.66. The van der Waals surface area contributed by atoms with Crippen molar-refractivity contribution in [3.63, 3.8) is 0 Å². The number of para-hydroxylation sites is 1. The van der Waals surface area contributed by atoms with Gasteiger partial charge in [-0.1, -0.05) is 50.8 Å². The molecule has 0 amide bonds. The van der Waals surface area contributed by atoms with E-state index >= 15 is 0 Å². The van der Waals surface area contributed by atoms with Gasteiger partial charge in [0.1, 0.15) is 12.0 Å². The number of carbonyl (C=O) groups excluding carboxylic acids is 1. The second kappa shape index (κ2) is 7.04. The Hall–Kier alpha value is -1.31. The highest BCUT2D eigenvalue weighted by Crippen LogP contribution is 2.27. The summed E-state index contributed by atoms with van der Waals surface area (Å²) in [6, 6.07) is 7.10. The summed E-state index contributed by atoms with van der Waals surface area (Å²) >= 11 is 0. The first-order valence-corrected chi connectivity index (χ1v) is 6.02. The van der Waals surface area contributed by atoms with Gasteiger partial charge < -0.3 is 9.90 Å². The van der Waals surface area contributed by atoms with E-state index in [1.165, 1.54) is 12.8 Å². The second-order valence-corrected chi connectivity index (χ2v) is 4.15. The van der Waals surface area contributed by atoms with E-state index in [1.807, 2.05) is 12.1 Å². The molecule has 2 nitrogen and oxygen atoms in total. The van der Waals surface area contributed by atoms with Gasteiger partial charge in [0.25, 0.3) is 0 Å². The molecule has 1 unspecified atom stereocenters. The number of aromatic hydroxyl groups is 1. The lowest BCUT2D eigenvalue weighted by Crippen LogP contribution is -2.00. The zero-order chi connectivity index (χ0) is 11.8. The minimum atomic E-state index is -0.155. The van der Waals surface area contributed by atoms with E-state index in [9.17, 15) is 9.90 Å². The van der Waals surface area contributed by atoms with Crippen LogP contribution in [0.5, 0.6) is 5.75 Å². The normalized spacial score (nSPS) is 12.3. The third kappa shape index (κ3) is 3.69. The molecule has 0 spiro atoms. The fraction of sp³-hybridized carbons (Fsp3) is 0.500. The van der Waals surface area contributed by atoms with Crippen LogP contribution < -0.4 is 0 Å². The third-order valence-electron chi connectivity index (χ3n) is 2.87. The van der Waals surface area contributed by atoms with Gasteiger partial charge in [-0.05, 0) is 12.5 Å². The monoisotopic (exact) mass is 220 g/mol. The molecule has 0 aliphatic carbocycles.